The fourth-order valence-electron chi connectivity index (χ4n) is 1.66. The first-order valence-corrected chi connectivity index (χ1v) is 6.61. The molecule has 0 aliphatic carbocycles. The molecule has 0 radical (unpaired) electrons. The summed E-state index contributed by atoms with van der Waals surface area (Å²) in [6.45, 7) is 5.18. The van der Waals surface area contributed by atoms with Gasteiger partial charge in [0, 0.05) is 5.56 Å². The van der Waals surface area contributed by atoms with E-state index in [2.05, 4.69) is 10.1 Å². The maximum absolute atomic E-state index is 11.8. The third kappa shape index (κ3) is 4.92. The van der Waals surface area contributed by atoms with E-state index in [-0.39, 0.29) is 11.3 Å². The van der Waals surface area contributed by atoms with Crippen LogP contribution in [-0.2, 0) is 14.3 Å². The molecule has 22 heavy (non-hydrogen) atoms. The fraction of sp³-hybridized carbons (Fsp3) is 0.467. The van der Waals surface area contributed by atoms with Crippen LogP contribution >= 0.6 is 0 Å². The molecule has 7 nitrogen and oxygen atoms in total. The Morgan fingerprint density at radius 2 is 1.86 bits per heavy atom. The molecule has 1 aromatic rings. The molecule has 1 amide bonds. The van der Waals surface area contributed by atoms with E-state index in [9.17, 15) is 14.7 Å². The van der Waals surface area contributed by atoms with Crippen molar-refractivity contribution in [2.75, 3.05) is 19.5 Å². The lowest BCUT2D eigenvalue weighted by Gasteiger charge is -2.21. The first kappa shape index (κ1) is 17.8. The molecule has 2 N–H and O–H groups in total. The van der Waals surface area contributed by atoms with E-state index >= 15 is 0 Å². The van der Waals surface area contributed by atoms with Gasteiger partial charge in [0.1, 0.15) is 11.4 Å². The fourth-order valence-corrected chi connectivity index (χ4v) is 1.66. The van der Waals surface area contributed by atoms with Crippen molar-refractivity contribution in [2.45, 2.75) is 32.5 Å². The van der Waals surface area contributed by atoms with Crippen molar-refractivity contribution in [1.29, 1.82) is 0 Å². The van der Waals surface area contributed by atoms with Crippen LogP contribution in [0.25, 0.3) is 0 Å². The second kappa shape index (κ2) is 7.13. The van der Waals surface area contributed by atoms with Crippen LogP contribution in [0.2, 0.25) is 0 Å². The zero-order valence-electron chi connectivity index (χ0n) is 13.3. The van der Waals surface area contributed by atoms with E-state index in [0.29, 0.717) is 5.75 Å². The predicted octanol–water partition coefficient (Wildman–Crippen LogP) is 2.25. The minimum Gasteiger partial charge on any atom is -0.497 e. The Kier molecular flexibility index (Phi) is 5.76. The second-order valence-corrected chi connectivity index (χ2v) is 5.51. The van der Waals surface area contributed by atoms with Crippen molar-refractivity contribution < 1.29 is 28.9 Å². The summed E-state index contributed by atoms with van der Waals surface area (Å²) in [7, 11) is 2.61. The molecular weight excluding hydrogens is 290 g/mol. The van der Waals surface area contributed by atoms with E-state index in [0.717, 1.165) is 7.11 Å². The highest BCUT2D eigenvalue weighted by atomic mass is 16.6. The van der Waals surface area contributed by atoms with E-state index in [1.54, 1.807) is 26.8 Å². The molecule has 0 fully saturated rings. The van der Waals surface area contributed by atoms with Gasteiger partial charge in [0.2, 0.25) is 0 Å². The molecule has 0 bridgehead atoms. The molecule has 1 atom stereocenters. The Bertz CT molecular complexity index is 549. The van der Waals surface area contributed by atoms with Gasteiger partial charge >= 0.3 is 12.1 Å². The third-order valence-electron chi connectivity index (χ3n) is 2.61. The van der Waals surface area contributed by atoms with E-state index in [4.69, 9.17) is 9.47 Å². The third-order valence-corrected chi connectivity index (χ3v) is 2.61. The van der Waals surface area contributed by atoms with Crippen LogP contribution in [0, 0.1) is 0 Å². The van der Waals surface area contributed by atoms with Gasteiger partial charge in [0.25, 0.3) is 0 Å². The highest BCUT2D eigenvalue weighted by Gasteiger charge is 2.24. The number of hydrogen-bond donors (Lipinski definition) is 2. The number of anilines is 1. The van der Waals surface area contributed by atoms with Gasteiger partial charge in [0.15, 0.2) is 6.10 Å². The Balaban J connectivity index is 3.08. The standard InChI is InChI=1S/C15H21NO6/c1-15(2,3)22-14(19)16-11-7-6-9(20-4)8-10(11)12(17)13(18)21-5/h6-8,12,17H,1-5H3,(H,16,19). The van der Waals surface area contributed by atoms with Crippen LogP contribution < -0.4 is 10.1 Å². The van der Waals surface area contributed by atoms with Crippen molar-refractivity contribution in [3.05, 3.63) is 23.8 Å². The van der Waals surface area contributed by atoms with Crippen molar-refractivity contribution in [3.63, 3.8) is 0 Å². The van der Waals surface area contributed by atoms with Gasteiger partial charge in [-0.1, -0.05) is 0 Å². The molecule has 0 aliphatic rings. The van der Waals surface area contributed by atoms with Crippen molar-refractivity contribution in [2.24, 2.45) is 0 Å². The molecule has 0 aromatic heterocycles. The van der Waals surface area contributed by atoms with E-state index < -0.39 is 23.8 Å². The molecular formula is C15H21NO6. The van der Waals surface area contributed by atoms with Crippen LogP contribution in [0.3, 0.4) is 0 Å². The average Bonchev–Trinajstić information content (AvgIpc) is 2.44. The topological polar surface area (TPSA) is 94.1 Å². The molecule has 7 heteroatoms. The van der Waals surface area contributed by atoms with Gasteiger partial charge in [-0.15, -0.1) is 0 Å². The number of ether oxygens (including phenoxy) is 3. The minimum atomic E-state index is -1.55. The van der Waals surface area contributed by atoms with Crippen molar-refractivity contribution in [3.8, 4) is 5.75 Å². The van der Waals surface area contributed by atoms with Crippen LogP contribution in [-0.4, -0.2) is 37.0 Å². The molecule has 0 spiro atoms. The quantitative estimate of drug-likeness (QED) is 0.828. The summed E-state index contributed by atoms with van der Waals surface area (Å²) in [4.78, 5) is 23.4. The summed E-state index contributed by atoms with van der Waals surface area (Å²) in [5, 5.41) is 12.5. The lowest BCUT2D eigenvalue weighted by molar-refractivity contribution is -0.150. The molecule has 1 rings (SSSR count). The summed E-state index contributed by atoms with van der Waals surface area (Å²) < 4.78 is 14.7. The van der Waals surface area contributed by atoms with Crippen LogP contribution in [0.4, 0.5) is 10.5 Å². The molecule has 0 saturated carbocycles. The van der Waals surface area contributed by atoms with E-state index in [1.165, 1.54) is 19.2 Å². The zero-order chi connectivity index (χ0) is 16.9. The second-order valence-electron chi connectivity index (χ2n) is 5.51. The number of esters is 1. The minimum absolute atomic E-state index is 0.150. The summed E-state index contributed by atoms with van der Waals surface area (Å²) in [5.41, 5.74) is -0.289. The van der Waals surface area contributed by atoms with Crippen molar-refractivity contribution >= 4 is 17.7 Å². The van der Waals surface area contributed by atoms with Gasteiger partial charge in [-0.3, -0.25) is 5.32 Å². The molecule has 1 aromatic carbocycles. The lowest BCUT2D eigenvalue weighted by Crippen LogP contribution is -2.28. The number of aliphatic hydroxyl groups is 1. The van der Waals surface area contributed by atoms with Gasteiger partial charge in [0.05, 0.1) is 19.9 Å². The monoisotopic (exact) mass is 311 g/mol. The number of hydrogen-bond acceptors (Lipinski definition) is 6. The van der Waals surface area contributed by atoms with Gasteiger partial charge in [-0.05, 0) is 39.0 Å². The molecule has 0 heterocycles. The lowest BCUT2D eigenvalue weighted by atomic mass is 10.1. The zero-order valence-corrected chi connectivity index (χ0v) is 13.3. The van der Waals surface area contributed by atoms with Gasteiger partial charge in [-0.2, -0.15) is 0 Å². The molecule has 122 valence electrons. The first-order chi connectivity index (χ1) is 10.2. The van der Waals surface area contributed by atoms with Gasteiger partial charge < -0.3 is 19.3 Å². The SMILES string of the molecule is COC(=O)C(O)c1cc(OC)ccc1NC(=O)OC(C)(C)C. The number of benzene rings is 1. The molecule has 0 aliphatic heterocycles. The summed E-state index contributed by atoms with van der Waals surface area (Å²) in [6.07, 6.45) is -2.25. The Morgan fingerprint density at radius 3 is 2.36 bits per heavy atom. The maximum atomic E-state index is 11.8. The Morgan fingerprint density at radius 1 is 1.23 bits per heavy atom. The summed E-state index contributed by atoms with van der Waals surface area (Å²) in [6, 6.07) is 4.53. The number of nitrogens with one attached hydrogen (secondary N) is 1. The number of amides is 1. The van der Waals surface area contributed by atoms with E-state index in [1.807, 2.05) is 0 Å². The Hall–Kier alpha value is -2.28. The predicted molar refractivity (Wildman–Crippen MR) is 79.8 cm³/mol. The van der Waals surface area contributed by atoms with Crippen molar-refractivity contribution in [1.82, 2.24) is 0 Å². The average molecular weight is 311 g/mol. The largest absolute Gasteiger partial charge is 0.497 e. The van der Waals surface area contributed by atoms with Crippen LogP contribution in [0.1, 0.15) is 32.4 Å². The number of carbonyl (C=O) groups excluding carboxylic acids is 2. The van der Waals surface area contributed by atoms with Crippen LogP contribution in [0.5, 0.6) is 5.75 Å². The number of rotatable bonds is 4. The molecule has 0 saturated heterocycles. The normalized spacial score (nSPS) is 12.3. The number of aliphatic hydroxyl groups excluding tert-OH is 1. The maximum Gasteiger partial charge on any atom is 0.412 e. The number of carbonyl (C=O) groups is 2. The highest BCUT2D eigenvalue weighted by molar-refractivity contribution is 5.88. The summed E-state index contributed by atoms with van der Waals surface area (Å²) >= 11 is 0. The number of methoxy groups -OCH3 is 2. The van der Waals surface area contributed by atoms with Gasteiger partial charge in [-0.25, -0.2) is 9.59 Å². The first-order valence-electron chi connectivity index (χ1n) is 6.61. The smallest absolute Gasteiger partial charge is 0.412 e. The highest BCUT2D eigenvalue weighted by Crippen LogP contribution is 2.29. The Labute approximate surface area is 129 Å². The molecule has 1 unspecified atom stereocenters. The summed E-state index contributed by atoms with van der Waals surface area (Å²) in [5.74, 6) is -0.423. The van der Waals surface area contributed by atoms with Crippen LogP contribution in [0.15, 0.2) is 18.2 Å².